The summed E-state index contributed by atoms with van der Waals surface area (Å²) in [6.45, 7) is 1.36. The molecule has 0 bridgehead atoms. The van der Waals surface area contributed by atoms with Crippen molar-refractivity contribution in [2.75, 3.05) is 5.88 Å². The predicted molar refractivity (Wildman–Crippen MR) is 107 cm³/mol. The van der Waals surface area contributed by atoms with Crippen molar-refractivity contribution in [3.63, 3.8) is 0 Å². The highest BCUT2D eigenvalue weighted by Crippen LogP contribution is 2.40. The lowest BCUT2D eigenvalue weighted by atomic mass is 10.0. The number of ketones is 1. The molecule has 0 spiro atoms. The van der Waals surface area contributed by atoms with Gasteiger partial charge in [-0.15, -0.1) is 11.6 Å². The lowest BCUT2D eigenvalue weighted by Gasteiger charge is -2.06. The van der Waals surface area contributed by atoms with Gasteiger partial charge in [0.05, 0.1) is 11.3 Å². The Morgan fingerprint density at radius 1 is 0.926 bits per heavy atom. The zero-order valence-electron chi connectivity index (χ0n) is 14.6. The molecule has 0 saturated heterocycles. The monoisotopic (exact) mass is 380 g/mol. The SMILES string of the molecule is CC(=O)Oc1c(-c2[nH]c3ccccc3c2C(=O)CCCl)[nH]c2ccccc12. The highest BCUT2D eigenvalue weighted by Gasteiger charge is 2.24. The van der Waals surface area contributed by atoms with Gasteiger partial charge in [-0.2, -0.15) is 0 Å². The van der Waals surface area contributed by atoms with Gasteiger partial charge in [-0.1, -0.05) is 30.3 Å². The number of aromatic nitrogens is 2. The van der Waals surface area contributed by atoms with Crippen LogP contribution >= 0.6 is 11.6 Å². The van der Waals surface area contributed by atoms with Gasteiger partial charge < -0.3 is 14.7 Å². The van der Waals surface area contributed by atoms with Gasteiger partial charge in [-0.3, -0.25) is 9.59 Å². The lowest BCUT2D eigenvalue weighted by Crippen LogP contribution is -2.04. The van der Waals surface area contributed by atoms with E-state index in [0.29, 0.717) is 22.7 Å². The van der Waals surface area contributed by atoms with E-state index < -0.39 is 5.97 Å². The van der Waals surface area contributed by atoms with Crippen molar-refractivity contribution < 1.29 is 14.3 Å². The van der Waals surface area contributed by atoms with Crippen molar-refractivity contribution in [2.45, 2.75) is 13.3 Å². The summed E-state index contributed by atoms with van der Waals surface area (Å²) >= 11 is 5.82. The summed E-state index contributed by atoms with van der Waals surface area (Å²) in [5.74, 6) is 0.154. The summed E-state index contributed by atoms with van der Waals surface area (Å²) in [5, 5.41) is 1.59. The number of Topliss-reactive ketones (excluding diaryl/α,β-unsaturated/α-hetero) is 1. The number of carbonyl (C=O) groups excluding carboxylic acids is 2. The van der Waals surface area contributed by atoms with Gasteiger partial charge in [0.25, 0.3) is 0 Å². The first-order chi connectivity index (χ1) is 13.1. The van der Waals surface area contributed by atoms with Gasteiger partial charge in [0.2, 0.25) is 0 Å². The number of halogens is 1. The highest BCUT2D eigenvalue weighted by molar-refractivity contribution is 6.21. The Morgan fingerprint density at radius 2 is 1.52 bits per heavy atom. The van der Waals surface area contributed by atoms with Crippen molar-refractivity contribution in [3.05, 3.63) is 54.1 Å². The maximum Gasteiger partial charge on any atom is 0.308 e. The third-order valence-corrected chi connectivity index (χ3v) is 4.65. The number of esters is 1. The van der Waals surface area contributed by atoms with Crippen molar-refractivity contribution >= 4 is 45.2 Å². The third-order valence-electron chi connectivity index (χ3n) is 4.46. The molecule has 2 aromatic carbocycles. The van der Waals surface area contributed by atoms with Crippen molar-refractivity contribution in [1.82, 2.24) is 9.97 Å². The Kier molecular flexibility index (Phi) is 4.46. The van der Waals surface area contributed by atoms with Gasteiger partial charge in [-0.25, -0.2) is 0 Å². The molecule has 4 aromatic rings. The minimum atomic E-state index is -0.425. The van der Waals surface area contributed by atoms with E-state index in [4.69, 9.17) is 16.3 Å². The fourth-order valence-electron chi connectivity index (χ4n) is 3.37. The number of hydrogen-bond acceptors (Lipinski definition) is 3. The molecule has 0 unspecified atom stereocenters. The topological polar surface area (TPSA) is 75.0 Å². The fraction of sp³-hybridized carbons (Fsp3) is 0.143. The molecule has 0 saturated carbocycles. The van der Waals surface area contributed by atoms with Crippen LogP contribution in [-0.2, 0) is 4.79 Å². The van der Waals surface area contributed by atoms with Gasteiger partial charge in [-0.05, 0) is 18.2 Å². The molecule has 2 aromatic heterocycles. The number of nitrogens with one attached hydrogen (secondary N) is 2. The van der Waals surface area contributed by atoms with Crippen LogP contribution in [-0.4, -0.2) is 27.6 Å². The quantitative estimate of drug-likeness (QED) is 0.289. The molecular formula is C21H17ClN2O3. The summed E-state index contributed by atoms with van der Waals surface area (Å²) in [7, 11) is 0. The van der Waals surface area contributed by atoms with Gasteiger partial charge >= 0.3 is 5.97 Å². The molecule has 5 nitrogen and oxygen atoms in total. The second-order valence-electron chi connectivity index (χ2n) is 6.25. The van der Waals surface area contributed by atoms with Gasteiger partial charge in [0.1, 0.15) is 5.69 Å². The number of H-pyrrole nitrogens is 2. The van der Waals surface area contributed by atoms with Crippen molar-refractivity contribution in [1.29, 1.82) is 0 Å². The molecule has 2 heterocycles. The first-order valence-electron chi connectivity index (χ1n) is 8.59. The number of hydrogen-bond donors (Lipinski definition) is 2. The van der Waals surface area contributed by atoms with E-state index in [1.807, 2.05) is 48.5 Å². The minimum Gasteiger partial charge on any atom is -0.424 e. The molecule has 136 valence electrons. The molecule has 0 aliphatic rings. The van der Waals surface area contributed by atoms with Crippen LogP contribution in [0.5, 0.6) is 5.75 Å². The van der Waals surface area contributed by atoms with E-state index in [-0.39, 0.29) is 18.1 Å². The Bertz CT molecular complexity index is 1170. The first kappa shape index (κ1) is 17.4. The molecule has 0 aliphatic heterocycles. The third kappa shape index (κ3) is 3.00. The summed E-state index contributed by atoms with van der Waals surface area (Å²) in [6.07, 6.45) is 0.222. The number of benzene rings is 2. The number of fused-ring (bicyclic) bond motifs is 2. The number of alkyl halides is 1. The fourth-order valence-corrected chi connectivity index (χ4v) is 3.54. The second kappa shape index (κ2) is 6.93. The van der Waals surface area contributed by atoms with E-state index in [0.717, 1.165) is 21.8 Å². The van der Waals surface area contributed by atoms with Crippen LogP contribution in [0.25, 0.3) is 33.2 Å². The van der Waals surface area contributed by atoms with E-state index in [1.165, 1.54) is 6.92 Å². The minimum absolute atomic E-state index is 0.0649. The van der Waals surface area contributed by atoms with Crippen molar-refractivity contribution in [2.24, 2.45) is 0 Å². The zero-order valence-corrected chi connectivity index (χ0v) is 15.4. The summed E-state index contributed by atoms with van der Waals surface area (Å²) in [4.78, 5) is 31.1. The molecule has 6 heteroatoms. The van der Waals surface area contributed by atoms with E-state index >= 15 is 0 Å². The molecule has 0 fully saturated rings. The van der Waals surface area contributed by atoms with Crippen LogP contribution in [0.2, 0.25) is 0 Å². The molecule has 27 heavy (non-hydrogen) atoms. The molecule has 0 amide bonds. The number of carbonyl (C=O) groups is 2. The number of rotatable bonds is 5. The first-order valence-corrected chi connectivity index (χ1v) is 9.13. The van der Waals surface area contributed by atoms with Crippen LogP contribution in [0.3, 0.4) is 0 Å². The Hall–Kier alpha value is -3.05. The lowest BCUT2D eigenvalue weighted by molar-refractivity contribution is -0.131. The maximum absolute atomic E-state index is 12.8. The van der Waals surface area contributed by atoms with Crippen LogP contribution in [0.4, 0.5) is 0 Å². The molecule has 2 N–H and O–H groups in total. The second-order valence-corrected chi connectivity index (χ2v) is 6.63. The number of para-hydroxylation sites is 2. The van der Waals surface area contributed by atoms with E-state index in [2.05, 4.69) is 9.97 Å². The average Bonchev–Trinajstić information content (AvgIpc) is 3.20. The molecule has 0 radical (unpaired) electrons. The van der Waals surface area contributed by atoms with Crippen LogP contribution in [0.15, 0.2) is 48.5 Å². The Labute approximate surface area is 160 Å². The standard InChI is InChI=1S/C21H17ClN2O3/c1-12(25)27-21-14-7-3-5-9-16(14)24-20(21)19-18(17(26)10-11-22)13-6-2-4-8-15(13)23-19/h2-9,23-24H,10-11H2,1H3. The van der Waals surface area contributed by atoms with Gasteiger partial charge in [0.15, 0.2) is 11.5 Å². The van der Waals surface area contributed by atoms with Gasteiger partial charge in [0, 0.05) is 41.0 Å². The maximum atomic E-state index is 12.8. The average molecular weight is 381 g/mol. The molecule has 0 aliphatic carbocycles. The predicted octanol–water partition coefficient (Wildman–Crippen LogP) is 5.05. The largest absolute Gasteiger partial charge is 0.424 e. The van der Waals surface area contributed by atoms with Crippen LogP contribution in [0, 0.1) is 0 Å². The summed E-state index contributed by atoms with van der Waals surface area (Å²) in [6, 6.07) is 15.1. The van der Waals surface area contributed by atoms with Crippen LogP contribution < -0.4 is 4.74 Å². The molecule has 0 atom stereocenters. The van der Waals surface area contributed by atoms with E-state index in [9.17, 15) is 9.59 Å². The normalized spacial score (nSPS) is 11.2. The summed E-state index contributed by atoms with van der Waals surface area (Å²) < 4.78 is 5.52. The number of aromatic amines is 2. The Morgan fingerprint density at radius 3 is 2.19 bits per heavy atom. The molecule has 4 rings (SSSR count). The molecular weight excluding hydrogens is 364 g/mol. The summed E-state index contributed by atoms with van der Waals surface area (Å²) in [5.41, 5.74) is 3.36. The highest BCUT2D eigenvalue weighted by atomic mass is 35.5. The zero-order chi connectivity index (χ0) is 19.0. The van der Waals surface area contributed by atoms with Crippen molar-refractivity contribution in [3.8, 4) is 17.1 Å². The van der Waals surface area contributed by atoms with E-state index in [1.54, 1.807) is 0 Å². The Balaban J connectivity index is 2.04. The van der Waals surface area contributed by atoms with Crippen LogP contribution in [0.1, 0.15) is 23.7 Å². The smallest absolute Gasteiger partial charge is 0.308 e. The number of ether oxygens (including phenoxy) is 1.